The zero-order valence-electron chi connectivity index (χ0n) is 35.6. The maximum Gasteiger partial charge on any atom is 0.331 e. The van der Waals surface area contributed by atoms with Crippen molar-refractivity contribution in [3.05, 3.63) is 62.7 Å². The van der Waals surface area contributed by atoms with Crippen molar-refractivity contribution in [2.75, 3.05) is 47.0 Å². The summed E-state index contributed by atoms with van der Waals surface area (Å²) in [6.45, 7) is 6.16. The molecule has 7 aliphatic heterocycles. The fraction of sp³-hybridized carbons (Fsp3) is 0.543. The molecule has 0 aliphatic carbocycles. The van der Waals surface area contributed by atoms with Crippen LogP contribution in [0.3, 0.4) is 0 Å². The van der Waals surface area contributed by atoms with E-state index >= 15 is 0 Å². The molecule has 0 radical (unpaired) electrons. The Balaban J connectivity index is 1.28. The number of aromatic hydroxyl groups is 2. The number of rotatable bonds is 9. The minimum Gasteiger partial charge on any atom is -0.504 e. The molecule has 3 N–H and O–H groups in total. The maximum absolute atomic E-state index is 14.9. The van der Waals surface area contributed by atoms with Crippen LogP contribution in [0.15, 0.2) is 18.2 Å². The molecule has 0 amide bonds. The molecule has 1 unspecified atom stereocenters. The Labute approximate surface area is 360 Å². The lowest BCUT2D eigenvalue weighted by Gasteiger charge is -2.62. The van der Waals surface area contributed by atoms with Crippen molar-refractivity contribution < 1.29 is 48.2 Å². The molecule has 3 aromatic rings. The molecular weight excluding hydrogens is 801 g/mol. The van der Waals surface area contributed by atoms with Crippen LogP contribution < -0.4 is 29.0 Å². The molecule has 7 atom stereocenters. The Kier molecular flexibility index (Phi) is 10.9. The Morgan fingerprint density at radius 2 is 1.80 bits per heavy atom. The summed E-state index contributed by atoms with van der Waals surface area (Å²) in [6, 6.07) is 5.35. The van der Waals surface area contributed by atoms with E-state index in [1.165, 1.54) is 18.9 Å². The molecule has 0 aromatic heterocycles. The highest BCUT2D eigenvalue weighted by Gasteiger charge is 2.62. The topological polar surface area (TPSA) is 172 Å². The lowest BCUT2D eigenvalue weighted by atomic mass is 9.71. The fourth-order valence-corrected chi connectivity index (χ4v) is 12.8. The number of nitrogens with one attached hydrogen (secondary N) is 1. The summed E-state index contributed by atoms with van der Waals surface area (Å²) in [4.78, 5) is 33.3. The van der Waals surface area contributed by atoms with Crippen molar-refractivity contribution in [2.45, 2.75) is 113 Å². The van der Waals surface area contributed by atoms with Gasteiger partial charge in [-0.1, -0.05) is 38.7 Å². The summed E-state index contributed by atoms with van der Waals surface area (Å²) in [5.41, 5.74) is 4.54. The van der Waals surface area contributed by atoms with Crippen molar-refractivity contribution in [2.24, 2.45) is 0 Å². The van der Waals surface area contributed by atoms with E-state index < -0.39 is 40.9 Å². The molecule has 7 heterocycles. The predicted octanol–water partition coefficient (Wildman–Crippen LogP) is 6.33. The van der Waals surface area contributed by atoms with Crippen LogP contribution in [0.1, 0.15) is 107 Å². The standard InChI is InChI=1S/C46H54N4O10S/c1-7-8-9-10-11-12-33(52)60-41-24(3)42-43(59-22-58-42)35-30-20-57-45(54)46(27-18-32(55-5)31(51)17-25(27)13-14-48-46)21-61-44(36(35)41)38-37-34-26(15-23(2)40(56-6)39(34)53)16-28(49(37)4)29(19-47)50(30)38/h15,17-18,28-30,37-38,44,48,51,53H,7-14,16,20-22H2,1-6H3/t28-,29+,30+,37-,38?,44-,46-/m1/s1. The number of ether oxygens (including phenoxy) is 6. The van der Waals surface area contributed by atoms with Crippen LogP contribution in [-0.2, 0) is 32.7 Å². The third-order valence-electron chi connectivity index (χ3n) is 13.9. The molecule has 3 aromatic carbocycles. The number of unbranched alkanes of at least 4 members (excludes halogenated alkanes) is 4. The smallest absolute Gasteiger partial charge is 0.331 e. The highest BCUT2D eigenvalue weighted by molar-refractivity contribution is 7.99. The van der Waals surface area contributed by atoms with Gasteiger partial charge in [-0.25, -0.2) is 4.79 Å². The van der Waals surface area contributed by atoms with Crippen molar-refractivity contribution >= 4 is 23.7 Å². The number of phenolic OH excluding ortho intramolecular Hbond substituents is 2. The van der Waals surface area contributed by atoms with E-state index in [-0.39, 0.29) is 54.8 Å². The van der Waals surface area contributed by atoms with E-state index in [9.17, 15) is 25.1 Å². The monoisotopic (exact) mass is 854 g/mol. The first-order chi connectivity index (χ1) is 29.5. The average molecular weight is 855 g/mol. The van der Waals surface area contributed by atoms with Crippen LogP contribution in [0.25, 0.3) is 0 Å². The third-order valence-corrected chi connectivity index (χ3v) is 15.4. The number of esters is 2. The number of thioether (sulfide) groups is 1. The average Bonchev–Trinajstić information content (AvgIpc) is 3.74. The van der Waals surface area contributed by atoms with Crippen LogP contribution in [0.4, 0.5) is 0 Å². The van der Waals surface area contributed by atoms with E-state index in [1.54, 1.807) is 19.2 Å². The van der Waals surface area contributed by atoms with Gasteiger partial charge in [0.2, 0.25) is 6.79 Å². The van der Waals surface area contributed by atoms with Gasteiger partial charge < -0.3 is 38.6 Å². The van der Waals surface area contributed by atoms with Crippen molar-refractivity contribution in [1.29, 1.82) is 5.26 Å². The second kappa shape index (κ2) is 16.1. The van der Waals surface area contributed by atoms with Crippen molar-refractivity contribution in [3.8, 4) is 46.3 Å². The van der Waals surface area contributed by atoms with Crippen LogP contribution in [0.5, 0.6) is 40.2 Å². The number of aryl methyl sites for hydroxylation is 1. The van der Waals surface area contributed by atoms with Crippen LogP contribution in [-0.4, -0.2) is 97.0 Å². The van der Waals surface area contributed by atoms with Gasteiger partial charge in [0.1, 0.15) is 18.4 Å². The number of methoxy groups -OCH3 is 2. The van der Waals surface area contributed by atoms with Gasteiger partial charge in [-0.2, -0.15) is 5.26 Å². The molecule has 1 spiro atoms. The molecule has 2 saturated heterocycles. The minimum absolute atomic E-state index is 0.0186. The van der Waals surface area contributed by atoms with Gasteiger partial charge in [0.25, 0.3) is 0 Å². The first-order valence-electron chi connectivity index (χ1n) is 21.4. The maximum atomic E-state index is 14.9. The number of hydrogen-bond donors (Lipinski definition) is 3. The minimum atomic E-state index is -1.37. The molecular formula is C46H54N4O10S. The number of fused-ring (bicyclic) bond motifs is 9. The third kappa shape index (κ3) is 6.38. The van der Waals surface area contributed by atoms with Gasteiger partial charge in [0.15, 0.2) is 40.0 Å². The molecule has 2 fully saturated rings. The summed E-state index contributed by atoms with van der Waals surface area (Å²) in [5.74, 6) is 1.26. The Morgan fingerprint density at radius 3 is 2.56 bits per heavy atom. The Bertz CT molecular complexity index is 2330. The van der Waals surface area contributed by atoms with Crippen molar-refractivity contribution in [3.63, 3.8) is 0 Å². The largest absolute Gasteiger partial charge is 0.504 e. The highest BCUT2D eigenvalue weighted by atomic mass is 32.2. The second-order valence-corrected chi connectivity index (χ2v) is 18.3. The number of benzene rings is 3. The summed E-state index contributed by atoms with van der Waals surface area (Å²) in [6.07, 6.45) is 6.14. The number of hydrogen-bond acceptors (Lipinski definition) is 15. The fourth-order valence-electron chi connectivity index (χ4n) is 11.1. The zero-order chi connectivity index (χ0) is 42.9. The van der Waals surface area contributed by atoms with Gasteiger partial charge >= 0.3 is 11.9 Å². The number of nitriles is 1. The predicted molar refractivity (Wildman–Crippen MR) is 226 cm³/mol. The van der Waals surface area contributed by atoms with E-state index in [1.807, 2.05) is 20.9 Å². The Hall–Kier alpha value is -4.88. The van der Waals surface area contributed by atoms with E-state index in [0.29, 0.717) is 71.1 Å². The van der Waals surface area contributed by atoms with E-state index in [0.717, 1.165) is 47.9 Å². The second-order valence-electron chi connectivity index (χ2n) is 17.1. The van der Waals surface area contributed by atoms with Gasteiger partial charge in [0, 0.05) is 53.1 Å². The van der Waals surface area contributed by atoms with Crippen LogP contribution >= 0.6 is 11.8 Å². The molecule has 7 aliphatic rings. The summed E-state index contributed by atoms with van der Waals surface area (Å²) < 4.78 is 36.9. The first kappa shape index (κ1) is 41.5. The molecule has 4 bridgehead atoms. The van der Waals surface area contributed by atoms with Crippen LogP contribution in [0, 0.1) is 25.2 Å². The zero-order valence-corrected chi connectivity index (χ0v) is 36.4. The van der Waals surface area contributed by atoms with E-state index in [4.69, 9.17) is 28.4 Å². The van der Waals surface area contributed by atoms with Crippen molar-refractivity contribution in [1.82, 2.24) is 15.1 Å². The molecule has 61 heavy (non-hydrogen) atoms. The summed E-state index contributed by atoms with van der Waals surface area (Å²) in [7, 11) is 5.03. The lowest BCUT2D eigenvalue weighted by molar-refractivity contribution is -0.157. The molecule has 15 heteroatoms. The number of phenols is 2. The van der Waals surface area contributed by atoms with Crippen LogP contribution in [0.2, 0.25) is 0 Å². The highest BCUT2D eigenvalue weighted by Crippen LogP contribution is 2.64. The quantitative estimate of drug-likeness (QED) is 0.124. The van der Waals surface area contributed by atoms with E-state index in [2.05, 4.69) is 34.2 Å². The Morgan fingerprint density at radius 1 is 1.02 bits per heavy atom. The van der Waals surface area contributed by atoms with Gasteiger partial charge in [-0.15, -0.1) is 11.8 Å². The SMILES string of the molecule is CCCCCCCC(=O)Oc1c(C)c2c(c3c1[C@H]1SC[C@]4(NCCc5cc(O)c(OC)cc54)C(=O)OC[C@@H]3N3C1[C@H]1c4c(cc(C)c(OC)c4O)C[C@H]([C@@H]3C#N)N1C)OCO2. The number of piperazine rings is 1. The van der Waals surface area contributed by atoms with Gasteiger partial charge in [0.05, 0.1) is 37.6 Å². The first-order valence-corrected chi connectivity index (χ1v) is 22.4. The molecule has 0 saturated carbocycles. The number of nitrogens with zero attached hydrogens (tertiary/aromatic N) is 3. The van der Waals surface area contributed by atoms with Gasteiger partial charge in [-0.05, 0) is 74.5 Å². The molecule has 10 rings (SSSR count). The van der Waals surface area contributed by atoms with Gasteiger partial charge in [-0.3, -0.25) is 19.9 Å². The number of likely N-dealkylation sites (N-methyl/N-ethyl adjacent to an activating group) is 1. The number of carbonyl (C=O) groups excluding carboxylic acids is 2. The normalized spacial score (nSPS) is 27.3. The number of carbonyl (C=O) groups is 2. The molecule has 14 nitrogen and oxygen atoms in total. The lowest BCUT2D eigenvalue weighted by Crippen LogP contribution is -2.69. The summed E-state index contributed by atoms with van der Waals surface area (Å²) >= 11 is 1.51. The molecule has 324 valence electrons. The summed E-state index contributed by atoms with van der Waals surface area (Å²) in [5, 5.41) is 37.3.